The first-order valence-corrected chi connectivity index (χ1v) is 9.90. The number of hydrogen-bond acceptors (Lipinski definition) is 2. The van der Waals surface area contributed by atoms with Crippen LogP contribution in [0.25, 0.3) is 28.0 Å². The molecule has 2 heterocycles. The largest absolute Gasteiger partial charge is 0.416 e. The molecule has 0 amide bonds. The molecule has 0 aliphatic carbocycles. The van der Waals surface area contributed by atoms with E-state index in [0.717, 1.165) is 12.1 Å². The maximum atomic E-state index is 12.9. The Morgan fingerprint density at radius 1 is 0.933 bits per heavy atom. The highest BCUT2D eigenvalue weighted by Crippen LogP contribution is 2.38. The Labute approximate surface area is 185 Å². The minimum absolute atomic E-state index is 0.314. The molecule has 154 valence electrons. The van der Waals surface area contributed by atoms with E-state index in [1.54, 1.807) is 32.0 Å². The van der Waals surface area contributed by atoms with Crippen molar-refractivity contribution in [2.24, 2.45) is 0 Å². The lowest BCUT2D eigenvalue weighted by molar-refractivity contribution is -0.137. The minimum atomic E-state index is -4.41. The smallest absolute Gasteiger partial charge is 0.227 e. The van der Waals surface area contributed by atoms with Crippen LogP contribution >= 0.6 is 34.8 Å². The van der Waals surface area contributed by atoms with Crippen LogP contribution in [-0.2, 0) is 6.18 Å². The third-order valence-corrected chi connectivity index (χ3v) is 5.78. The predicted octanol–water partition coefficient (Wildman–Crippen LogP) is 7.66. The van der Waals surface area contributed by atoms with E-state index in [-0.39, 0.29) is 0 Å². The van der Waals surface area contributed by atoms with Crippen LogP contribution in [0.4, 0.5) is 13.2 Å². The molecular weight excluding hydrogens is 458 g/mol. The van der Waals surface area contributed by atoms with Crippen molar-refractivity contribution in [1.29, 1.82) is 0 Å². The third kappa shape index (κ3) is 3.53. The Bertz CT molecular complexity index is 1280. The third-order valence-electron chi connectivity index (χ3n) is 4.79. The van der Waals surface area contributed by atoms with Crippen molar-refractivity contribution >= 4 is 40.4 Å². The molecular formula is C21H13Cl3F3N3. The molecule has 0 radical (unpaired) electrons. The second kappa shape index (κ2) is 7.45. The van der Waals surface area contributed by atoms with Gasteiger partial charge in [-0.15, -0.1) is 0 Å². The molecule has 3 nitrogen and oxygen atoms in total. The predicted molar refractivity (Wildman–Crippen MR) is 113 cm³/mol. The zero-order chi connectivity index (χ0) is 21.8. The van der Waals surface area contributed by atoms with E-state index in [0.29, 0.717) is 54.5 Å². The summed E-state index contributed by atoms with van der Waals surface area (Å²) >= 11 is 19.0. The van der Waals surface area contributed by atoms with E-state index in [2.05, 4.69) is 5.10 Å². The van der Waals surface area contributed by atoms with E-state index in [1.807, 2.05) is 0 Å². The van der Waals surface area contributed by atoms with Gasteiger partial charge in [-0.1, -0.05) is 53.0 Å². The monoisotopic (exact) mass is 469 g/mol. The topological polar surface area (TPSA) is 30.2 Å². The van der Waals surface area contributed by atoms with E-state index in [1.165, 1.54) is 16.6 Å². The number of halogens is 6. The minimum Gasteiger partial charge on any atom is -0.227 e. The van der Waals surface area contributed by atoms with Crippen LogP contribution in [0, 0.1) is 13.8 Å². The fourth-order valence-electron chi connectivity index (χ4n) is 3.31. The summed E-state index contributed by atoms with van der Waals surface area (Å²) in [4.78, 5) is 4.70. The summed E-state index contributed by atoms with van der Waals surface area (Å²) in [6.07, 6.45) is -4.41. The Balaban J connectivity index is 1.96. The second-order valence-electron chi connectivity index (χ2n) is 6.77. The molecule has 0 N–H and O–H groups in total. The van der Waals surface area contributed by atoms with Gasteiger partial charge in [0.25, 0.3) is 0 Å². The zero-order valence-corrected chi connectivity index (χ0v) is 17.9. The molecule has 4 rings (SSSR count). The number of hydrogen-bond donors (Lipinski definition) is 0. The fraction of sp³-hybridized carbons (Fsp3) is 0.143. The summed E-state index contributed by atoms with van der Waals surface area (Å²) in [5, 5.41) is 5.71. The number of alkyl halides is 3. The summed E-state index contributed by atoms with van der Waals surface area (Å²) in [7, 11) is 0. The van der Waals surface area contributed by atoms with Gasteiger partial charge < -0.3 is 0 Å². The standard InChI is InChI=1S/C21H13Cl3F3N3/c1-10-18(12-3-5-13(6-4-12)21(25,26)27)28-20-17(11(2)29-30(20)19(10)24)15-8-7-14(22)9-16(15)23/h3-9H,1-2H3. The lowest BCUT2D eigenvalue weighted by Crippen LogP contribution is -2.04. The van der Waals surface area contributed by atoms with Gasteiger partial charge in [0.1, 0.15) is 5.15 Å². The van der Waals surface area contributed by atoms with E-state index in [4.69, 9.17) is 39.8 Å². The molecule has 30 heavy (non-hydrogen) atoms. The molecule has 2 aromatic carbocycles. The lowest BCUT2D eigenvalue weighted by Gasteiger charge is -2.12. The first kappa shape index (κ1) is 21.0. The number of fused-ring (bicyclic) bond motifs is 1. The number of rotatable bonds is 2. The van der Waals surface area contributed by atoms with Gasteiger partial charge in [0, 0.05) is 21.7 Å². The molecule has 0 saturated heterocycles. The van der Waals surface area contributed by atoms with Crippen LogP contribution in [0.15, 0.2) is 42.5 Å². The maximum Gasteiger partial charge on any atom is 0.416 e. The lowest BCUT2D eigenvalue weighted by atomic mass is 10.0. The Hall–Kier alpha value is -2.28. The van der Waals surface area contributed by atoms with E-state index < -0.39 is 11.7 Å². The van der Waals surface area contributed by atoms with Gasteiger partial charge >= 0.3 is 6.18 Å². The van der Waals surface area contributed by atoms with Crippen LogP contribution in [0.1, 0.15) is 16.8 Å². The fourth-order valence-corrected chi connectivity index (χ4v) is 4.02. The van der Waals surface area contributed by atoms with Crippen LogP contribution < -0.4 is 0 Å². The number of nitrogens with zero attached hydrogens (tertiary/aromatic N) is 3. The van der Waals surface area contributed by atoms with Crippen LogP contribution in [0.2, 0.25) is 15.2 Å². The molecule has 9 heteroatoms. The maximum absolute atomic E-state index is 12.9. The van der Waals surface area contributed by atoms with Gasteiger partial charge in [0.15, 0.2) is 5.65 Å². The van der Waals surface area contributed by atoms with Crippen molar-refractivity contribution in [1.82, 2.24) is 14.6 Å². The quantitative estimate of drug-likeness (QED) is 0.282. The molecule has 0 aliphatic rings. The summed E-state index contributed by atoms with van der Waals surface area (Å²) in [5.74, 6) is 0. The number of benzene rings is 2. The van der Waals surface area contributed by atoms with Gasteiger partial charge in [0.2, 0.25) is 0 Å². The van der Waals surface area contributed by atoms with Crippen molar-refractivity contribution in [3.8, 4) is 22.4 Å². The molecule has 0 fully saturated rings. The first-order valence-electron chi connectivity index (χ1n) is 8.76. The first-order chi connectivity index (χ1) is 14.1. The molecule has 4 aromatic rings. The Morgan fingerprint density at radius 2 is 1.60 bits per heavy atom. The second-order valence-corrected chi connectivity index (χ2v) is 7.97. The van der Waals surface area contributed by atoms with Crippen LogP contribution in [0.5, 0.6) is 0 Å². The average molecular weight is 471 g/mol. The summed E-state index contributed by atoms with van der Waals surface area (Å²) in [6, 6.07) is 9.89. The van der Waals surface area contributed by atoms with Crippen molar-refractivity contribution < 1.29 is 13.2 Å². The van der Waals surface area contributed by atoms with Crippen molar-refractivity contribution in [2.45, 2.75) is 20.0 Å². The highest BCUT2D eigenvalue weighted by molar-refractivity contribution is 6.36. The number of aromatic nitrogens is 3. The number of aryl methyl sites for hydroxylation is 1. The molecule has 0 unspecified atom stereocenters. The summed E-state index contributed by atoms with van der Waals surface area (Å²) < 4.78 is 40.2. The highest BCUT2D eigenvalue weighted by Gasteiger charge is 2.30. The molecule has 2 aromatic heterocycles. The Morgan fingerprint density at radius 3 is 2.20 bits per heavy atom. The van der Waals surface area contributed by atoms with Gasteiger partial charge in [-0.05, 0) is 38.1 Å². The summed E-state index contributed by atoms with van der Waals surface area (Å²) in [6.45, 7) is 3.55. The highest BCUT2D eigenvalue weighted by atomic mass is 35.5. The summed E-state index contributed by atoms with van der Waals surface area (Å²) in [5.41, 5.74) is 3.29. The van der Waals surface area contributed by atoms with Crippen molar-refractivity contribution in [3.63, 3.8) is 0 Å². The van der Waals surface area contributed by atoms with Crippen molar-refractivity contribution in [2.75, 3.05) is 0 Å². The molecule has 0 spiro atoms. The van der Waals surface area contributed by atoms with Crippen molar-refractivity contribution in [3.05, 3.63) is 74.5 Å². The zero-order valence-electron chi connectivity index (χ0n) is 15.7. The SMILES string of the molecule is Cc1nn2c(Cl)c(C)c(-c3ccc(C(F)(F)F)cc3)nc2c1-c1ccc(Cl)cc1Cl. The van der Waals surface area contributed by atoms with Crippen LogP contribution in [-0.4, -0.2) is 14.6 Å². The molecule has 0 saturated carbocycles. The Kier molecular flexibility index (Phi) is 5.21. The molecule has 0 atom stereocenters. The molecule has 0 aliphatic heterocycles. The van der Waals surface area contributed by atoms with E-state index in [9.17, 15) is 13.2 Å². The van der Waals surface area contributed by atoms with Crippen LogP contribution in [0.3, 0.4) is 0 Å². The van der Waals surface area contributed by atoms with Gasteiger partial charge in [-0.25, -0.2) is 9.50 Å². The average Bonchev–Trinajstić information content (AvgIpc) is 3.00. The molecule has 0 bridgehead atoms. The van der Waals surface area contributed by atoms with E-state index >= 15 is 0 Å². The van der Waals surface area contributed by atoms with Gasteiger partial charge in [-0.2, -0.15) is 18.3 Å². The van der Waals surface area contributed by atoms with Gasteiger partial charge in [0.05, 0.1) is 27.5 Å². The normalized spacial score (nSPS) is 12.0. The van der Waals surface area contributed by atoms with Gasteiger partial charge in [-0.3, -0.25) is 0 Å².